The van der Waals surface area contributed by atoms with Crippen LogP contribution in [0.4, 0.5) is 13.2 Å². The number of rotatable bonds is 2. The molecular weight excluding hydrogens is 467 g/mol. The molecule has 0 saturated heterocycles. The number of halogens is 6. The van der Waals surface area contributed by atoms with E-state index < -0.39 is 12.0 Å². The highest BCUT2D eigenvalue weighted by Gasteiger charge is 2.34. The van der Waals surface area contributed by atoms with Gasteiger partial charge in [-0.2, -0.15) is 13.2 Å². The quantitative estimate of drug-likeness (QED) is 0.445. The second kappa shape index (κ2) is 6.03. The van der Waals surface area contributed by atoms with Crippen molar-refractivity contribution in [2.75, 3.05) is 0 Å². The average molecular weight is 473 g/mol. The molecular formula is C14H6Cl2F3IN2O. The van der Waals surface area contributed by atoms with Gasteiger partial charge in [-0.25, -0.2) is 4.98 Å². The van der Waals surface area contributed by atoms with Gasteiger partial charge in [-0.1, -0.05) is 23.2 Å². The van der Waals surface area contributed by atoms with E-state index in [0.29, 0.717) is 10.8 Å². The molecule has 1 N–H and O–H groups in total. The molecule has 0 saturated carbocycles. The number of hydrogen-bond acceptors (Lipinski definition) is 2. The predicted octanol–water partition coefficient (Wildman–Crippen LogP) is 6.29. The van der Waals surface area contributed by atoms with E-state index in [1.807, 2.05) is 22.6 Å². The highest BCUT2D eigenvalue weighted by Crippen LogP contribution is 2.36. The Morgan fingerprint density at radius 1 is 1.09 bits per heavy atom. The van der Waals surface area contributed by atoms with Crippen LogP contribution in [0.25, 0.3) is 11.0 Å². The van der Waals surface area contributed by atoms with Crippen LogP contribution in [0.3, 0.4) is 0 Å². The molecule has 0 unspecified atom stereocenters. The molecule has 9 heteroatoms. The van der Waals surface area contributed by atoms with Crippen molar-refractivity contribution < 1.29 is 17.9 Å². The summed E-state index contributed by atoms with van der Waals surface area (Å²) in [6, 6.07) is 7.67. The van der Waals surface area contributed by atoms with Crippen LogP contribution in [0, 0.1) is 3.57 Å². The minimum Gasteiger partial charge on any atom is -0.456 e. The molecule has 0 spiro atoms. The van der Waals surface area contributed by atoms with Gasteiger partial charge in [0.05, 0.1) is 21.1 Å². The maximum atomic E-state index is 12.7. The molecule has 2 aromatic carbocycles. The van der Waals surface area contributed by atoms with Crippen LogP contribution in [0.2, 0.25) is 10.0 Å². The van der Waals surface area contributed by atoms with Gasteiger partial charge in [0.15, 0.2) is 0 Å². The lowest BCUT2D eigenvalue weighted by Gasteiger charge is -2.08. The summed E-state index contributed by atoms with van der Waals surface area (Å²) in [5, 5.41) is 0.737. The van der Waals surface area contributed by atoms with Crippen LogP contribution in [0.1, 0.15) is 5.82 Å². The van der Waals surface area contributed by atoms with Gasteiger partial charge in [0.1, 0.15) is 11.5 Å². The normalized spacial score (nSPS) is 11.9. The number of imidazole rings is 1. The second-order valence-corrected chi connectivity index (χ2v) is 6.54. The summed E-state index contributed by atoms with van der Waals surface area (Å²) in [6.07, 6.45) is -4.56. The number of aromatic nitrogens is 2. The lowest BCUT2D eigenvalue weighted by atomic mass is 10.3. The number of nitrogens with zero attached hydrogens (tertiary/aromatic N) is 1. The SMILES string of the molecule is FC(F)(F)c1nc2cc(Oc3ccc(Cl)c(I)c3)c(Cl)cc2[nH]1. The summed E-state index contributed by atoms with van der Waals surface area (Å²) in [5.74, 6) is -0.411. The molecule has 0 amide bonds. The van der Waals surface area contributed by atoms with E-state index in [1.165, 1.54) is 12.1 Å². The molecule has 23 heavy (non-hydrogen) atoms. The van der Waals surface area contributed by atoms with E-state index in [4.69, 9.17) is 27.9 Å². The second-order valence-electron chi connectivity index (χ2n) is 4.56. The van der Waals surface area contributed by atoms with Crippen LogP contribution >= 0.6 is 45.8 Å². The fraction of sp³-hybridized carbons (Fsp3) is 0.0714. The van der Waals surface area contributed by atoms with Crippen LogP contribution in [0.5, 0.6) is 11.5 Å². The summed E-state index contributed by atoms with van der Waals surface area (Å²) in [7, 11) is 0. The number of H-pyrrole nitrogens is 1. The third-order valence-electron chi connectivity index (χ3n) is 2.92. The molecule has 3 nitrogen and oxygen atoms in total. The topological polar surface area (TPSA) is 37.9 Å². The number of nitrogens with one attached hydrogen (secondary N) is 1. The summed E-state index contributed by atoms with van der Waals surface area (Å²) in [5.41, 5.74) is 0.292. The van der Waals surface area contributed by atoms with Gasteiger partial charge in [0, 0.05) is 9.64 Å². The van der Waals surface area contributed by atoms with E-state index in [-0.39, 0.29) is 21.8 Å². The zero-order valence-corrected chi connectivity index (χ0v) is 14.7. The van der Waals surface area contributed by atoms with Gasteiger partial charge in [-0.15, -0.1) is 0 Å². The van der Waals surface area contributed by atoms with Crippen molar-refractivity contribution in [3.8, 4) is 11.5 Å². The highest BCUT2D eigenvalue weighted by molar-refractivity contribution is 14.1. The Morgan fingerprint density at radius 2 is 1.83 bits per heavy atom. The Hall–Kier alpha value is -1.19. The van der Waals surface area contributed by atoms with Crippen LogP contribution < -0.4 is 4.74 Å². The van der Waals surface area contributed by atoms with E-state index in [2.05, 4.69) is 9.97 Å². The van der Waals surface area contributed by atoms with Gasteiger partial charge in [-0.05, 0) is 46.9 Å². The molecule has 3 aromatic rings. The van der Waals surface area contributed by atoms with E-state index >= 15 is 0 Å². The molecule has 0 atom stereocenters. The lowest BCUT2D eigenvalue weighted by Crippen LogP contribution is -2.06. The summed E-state index contributed by atoms with van der Waals surface area (Å²) < 4.78 is 44.4. The summed E-state index contributed by atoms with van der Waals surface area (Å²) >= 11 is 14.0. The molecule has 0 aliphatic heterocycles. The number of fused-ring (bicyclic) bond motifs is 1. The molecule has 0 bridgehead atoms. The van der Waals surface area contributed by atoms with Crippen molar-refractivity contribution in [1.82, 2.24) is 9.97 Å². The van der Waals surface area contributed by atoms with Gasteiger partial charge in [0.2, 0.25) is 5.82 Å². The fourth-order valence-corrected chi connectivity index (χ4v) is 2.70. The predicted molar refractivity (Wildman–Crippen MR) is 90.3 cm³/mol. The van der Waals surface area contributed by atoms with Crippen LogP contribution in [-0.4, -0.2) is 9.97 Å². The summed E-state index contributed by atoms with van der Waals surface area (Å²) in [4.78, 5) is 5.71. The molecule has 0 aliphatic carbocycles. The summed E-state index contributed by atoms with van der Waals surface area (Å²) in [6.45, 7) is 0. The zero-order chi connectivity index (χ0) is 16.8. The zero-order valence-electron chi connectivity index (χ0n) is 11.0. The standard InChI is InChI=1S/C14H6Cl2F3IN2O/c15-7-2-1-6(3-9(7)20)23-12-5-11-10(4-8(12)16)21-13(22-11)14(17,18)19/h1-5H,(H,21,22). The number of ether oxygens (including phenoxy) is 1. The molecule has 120 valence electrons. The lowest BCUT2D eigenvalue weighted by molar-refractivity contribution is -0.144. The Balaban J connectivity index is 2.00. The van der Waals surface area contributed by atoms with E-state index in [0.717, 1.165) is 3.57 Å². The third kappa shape index (κ3) is 3.51. The largest absolute Gasteiger partial charge is 0.456 e. The van der Waals surface area contributed by atoms with Gasteiger partial charge < -0.3 is 9.72 Å². The average Bonchev–Trinajstić information content (AvgIpc) is 2.86. The number of benzene rings is 2. The molecule has 1 aromatic heterocycles. The minimum atomic E-state index is -4.56. The van der Waals surface area contributed by atoms with Gasteiger partial charge >= 0.3 is 6.18 Å². The van der Waals surface area contributed by atoms with Crippen molar-refractivity contribution in [3.63, 3.8) is 0 Å². The molecule has 0 radical (unpaired) electrons. The van der Waals surface area contributed by atoms with Crippen molar-refractivity contribution in [2.24, 2.45) is 0 Å². The van der Waals surface area contributed by atoms with Crippen LogP contribution in [0.15, 0.2) is 30.3 Å². The number of hydrogen-bond donors (Lipinski definition) is 1. The first kappa shape index (κ1) is 16.7. The molecule has 1 heterocycles. The van der Waals surface area contributed by atoms with Crippen molar-refractivity contribution >= 4 is 56.8 Å². The Morgan fingerprint density at radius 3 is 2.48 bits per heavy atom. The Kier molecular flexibility index (Phi) is 4.37. The van der Waals surface area contributed by atoms with Gasteiger partial charge in [0.25, 0.3) is 0 Å². The smallest absolute Gasteiger partial charge is 0.449 e. The van der Waals surface area contributed by atoms with E-state index in [1.54, 1.807) is 18.2 Å². The van der Waals surface area contributed by atoms with Crippen molar-refractivity contribution in [1.29, 1.82) is 0 Å². The maximum absolute atomic E-state index is 12.7. The minimum absolute atomic E-state index is 0.111. The fourth-order valence-electron chi connectivity index (χ4n) is 1.89. The van der Waals surface area contributed by atoms with Gasteiger partial charge in [-0.3, -0.25) is 0 Å². The monoisotopic (exact) mass is 472 g/mol. The first-order chi connectivity index (χ1) is 10.7. The third-order valence-corrected chi connectivity index (χ3v) is 4.76. The molecule has 3 rings (SSSR count). The molecule has 0 fully saturated rings. The Labute approximate surface area is 151 Å². The maximum Gasteiger partial charge on any atom is 0.449 e. The van der Waals surface area contributed by atoms with E-state index in [9.17, 15) is 13.2 Å². The van der Waals surface area contributed by atoms with Crippen molar-refractivity contribution in [2.45, 2.75) is 6.18 Å². The van der Waals surface area contributed by atoms with Crippen molar-refractivity contribution in [3.05, 3.63) is 49.8 Å². The first-order valence-electron chi connectivity index (χ1n) is 6.13. The number of aromatic amines is 1. The van der Waals surface area contributed by atoms with Crippen LogP contribution in [-0.2, 0) is 6.18 Å². The molecule has 0 aliphatic rings. The number of alkyl halides is 3. The first-order valence-corrected chi connectivity index (χ1v) is 7.97. The highest BCUT2D eigenvalue weighted by atomic mass is 127. The Bertz CT molecular complexity index is 896.